The van der Waals surface area contributed by atoms with Crippen molar-refractivity contribution in [2.45, 2.75) is 50.3 Å². The van der Waals surface area contributed by atoms with E-state index >= 15 is 0 Å². The summed E-state index contributed by atoms with van der Waals surface area (Å²) >= 11 is 0. The highest BCUT2D eigenvalue weighted by Gasteiger charge is 2.34. The molecule has 3 heterocycles. The molecule has 0 aliphatic carbocycles. The fourth-order valence-electron chi connectivity index (χ4n) is 4.13. The molecule has 2 saturated heterocycles. The summed E-state index contributed by atoms with van der Waals surface area (Å²) in [5, 5.41) is 16.5. The SMILES string of the molecule is O=C(CC1CC2CCC(C1)N2)NCC(O)COc1ccc2c(c1)OCO2. The summed E-state index contributed by atoms with van der Waals surface area (Å²) in [6.45, 7) is 0.518. The lowest BCUT2D eigenvalue weighted by Crippen LogP contribution is -2.41. The topological polar surface area (TPSA) is 89.1 Å². The van der Waals surface area contributed by atoms with Crippen LogP contribution in [0, 0.1) is 5.92 Å². The number of benzene rings is 1. The third-order valence-electron chi connectivity index (χ3n) is 5.37. The fraction of sp³-hybridized carbons (Fsp3) is 0.632. The molecule has 7 heteroatoms. The maximum absolute atomic E-state index is 12.1. The molecule has 0 spiro atoms. The Labute approximate surface area is 153 Å². The minimum atomic E-state index is -0.756. The molecule has 3 unspecified atom stereocenters. The zero-order valence-corrected chi connectivity index (χ0v) is 14.8. The van der Waals surface area contributed by atoms with Crippen molar-refractivity contribution in [2.24, 2.45) is 5.92 Å². The van der Waals surface area contributed by atoms with Gasteiger partial charge in [-0.05, 0) is 43.7 Å². The van der Waals surface area contributed by atoms with Crippen LogP contribution < -0.4 is 24.8 Å². The van der Waals surface area contributed by atoms with Crippen molar-refractivity contribution >= 4 is 5.91 Å². The zero-order chi connectivity index (χ0) is 17.9. The molecule has 1 amide bonds. The van der Waals surface area contributed by atoms with Gasteiger partial charge in [0, 0.05) is 31.1 Å². The number of hydrogen-bond donors (Lipinski definition) is 3. The van der Waals surface area contributed by atoms with E-state index in [-0.39, 0.29) is 25.9 Å². The van der Waals surface area contributed by atoms with Gasteiger partial charge in [0.15, 0.2) is 11.5 Å². The van der Waals surface area contributed by atoms with Crippen LogP contribution in [0.15, 0.2) is 18.2 Å². The molecule has 1 aromatic carbocycles. The van der Waals surface area contributed by atoms with Crippen molar-refractivity contribution in [1.82, 2.24) is 10.6 Å². The number of amides is 1. The number of nitrogens with one attached hydrogen (secondary N) is 2. The highest BCUT2D eigenvalue weighted by molar-refractivity contribution is 5.76. The fourth-order valence-corrected chi connectivity index (χ4v) is 4.13. The van der Waals surface area contributed by atoms with Gasteiger partial charge in [0.25, 0.3) is 0 Å². The Balaban J connectivity index is 1.15. The van der Waals surface area contributed by atoms with Crippen LogP contribution in [-0.2, 0) is 4.79 Å². The average molecular weight is 362 g/mol. The van der Waals surface area contributed by atoms with E-state index in [9.17, 15) is 9.90 Å². The first kappa shape index (κ1) is 17.4. The van der Waals surface area contributed by atoms with Crippen molar-refractivity contribution in [3.63, 3.8) is 0 Å². The summed E-state index contributed by atoms with van der Waals surface area (Å²) in [6, 6.07) is 6.46. The Morgan fingerprint density at radius 2 is 2.04 bits per heavy atom. The van der Waals surface area contributed by atoms with E-state index in [1.807, 2.05) is 0 Å². The van der Waals surface area contributed by atoms with E-state index in [0.717, 1.165) is 12.8 Å². The van der Waals surface area contributed by atoms with Gasteiger partial charge < -0.3 is 30.0 Å². The van der Waals surface area contributed by atoms with E-state index in [1.54, 1.807) is 18.2 Å². The standard InChI is InChI=1S/C19H26N2O5/c22-15(10-24-16-3-4-17-18(8-16)26-11-25-17)9-20-19(23)7-12-5-13-1-2-14(6-12)21-13/h3-4,8,12-15,21-22H,1-2,5-7,9-11H2,(H,20,23). The predicted molar refractivity (Wildman–Crippen MR) is 94.4 cm³/mol. The van der Waals surface area contributed by atoms with Gasteiger partial charge >= 0.3 is 0 Å². The zero-order valence-electron chi connectivity index (χ0n) is 14.8. The van der Waals surface area contributed by atoms with Crippen molar-refractivity contribution in [3.05, 3.63) is 18.2 Å². The van der Waals surface area contributed by atoms with E-state index in [4.69, 9.17) is 14.2 Å². The number of carbonyl (C=O) groups is 1. The number of ether oxygens (including phenoxy) is 3. The largest absolute Gasteiger partial charge is 0.491 e. The lowest BCUT2D eigenvalue weighted by molar-refractivity contribution is -0.122. The molecule has 0 saturated carbocycles. The molecule has 4 rings (SSSR count). The molecule has 3 aliphatic rings. The predicted octanol–water partition coefficient (Wildman–Crippen LogP) is 1.19. The molecule has 2 fully saturated rings. The smallest absolute Gasteiger partial charge is 0.231 e. The molecule has 1 aromatic rings. The number of fused-ring (bicyclic) bond motifs is 3. The van der Waals surface area contributed by atoms with Crippen LogP contribution >= 0.6 is 0 Å². The van der Waals surface area contributed by atoms with Crippen LogP contribution in [0.2, 0.25) is 0 Å². The van der Waals surface area contributed by atoms with Crippen molar-refractivity contribution < 1.29 is 24.1 Å². The number of rotatable bonds is 7. The maximum atomic E-state index is 12.1. The van der Waals surface area contributed by atoms with Gasteiger partial charge in [0.2, 0.25) is 12.7 Å². The summed E-state index contributed by atoms with van der Waals surface area (Å²) in [7, 11) is 0. The van der Waals surface area contributed by atoms with E-state index in [1.165, 1.54) is 12.8 Å². The first-order valence-corrected chi connectivity index (χ1v) is 9.39. The molecule has 7 nitrogen and oxygen atoms in total. The van der Waals surface area contributed by atoms with Crippen LogP contribution in [0.3, 0.4) is 0 Å². The molecule has 0 radical (unpaired) electrons. The Hall–Kier alpha value is -1.99. The number of hydrogen-bond acceptors (Lipinski definition) is 6. The molecule has 26 heavy (non-hydrogen) atoms. The first-order valence-electron chi connectivity index (χ1n) is 9.39. The second-order valence-corrected chi connectivity index (χ2v) is 7.46. The summed E-state index contributed by atoms with van der Waals surface area (Å²) in [4.78, 5) is 12.1. The monoisotopic (exact) mass is 362 g/mol. The summed E-state index contributed by atoms with van der Waals surface area (Å²) in [6.07, 6.45) is 4.43. The van der Waals surface area contributed by atoms with E-state index in [2.05, 4.69) is 10.6 Å². The second-order valence-electron chi connectivity index (χ2n) is 7.46. The minimum Gasteiger partial charge on any atom is -0.491 e. The van der Waals surface area contributed by atoms with E-state index in [0.29, 0.717) is 41.7 Å². The minimum absolute atomic E-state index is 0.0124. The molecule has 2 bridgehead atoms. The van der Waals surface area contributed by atoms with Crippen LogP contribution in [-0.4, -0.2) is 49.1 Å². The molecule has 0 aromatic heterocycles. The van der Waals surface area contributed by atoms with Crippen LogP contribution in [0.1, 0.15) is 32.1 Å². The first-order chi connectivity index (χ1) is 12.7. The van der Waals surface area contributed by atoms with Crippen molar-refractivity contribution in [2.75, 3.05) is 19.9 Å². The second kappa shape index (κ2) is 7.72. The Bertz CT molecular complexity index is 641. The highest BCUT2D eigenvalue weighted by atomic mass is 16.7. The Kier molecular flexibility index (Phi) is 5.17. The molecule has 3 N–H and O–H groups in total. The number of piperidine rings is 1. The molecular formula is C19H26N2O5. The van der Waals surface area contributed by atoms with Gasteiger partial charge in [0.05, 0.1) is 0 Å². The van der Waals surface area contributed by atoms with E-state index < -0.39 is 6.10 Å². The summed E-state index contributed by atoms with van der Waals surface area (Å²) in [5.41, 5.74) is 0. The highest BCUT2D eigenvalue weighted by Crippen LogP contribution is 2.35. The lowest BCUT2D eigenvalue weighted by Gasteiger charge is -2.28. The average Bonchev–Trinajstić information content (AvgIpc) is 3.23. The Morgan fingerprint density at radius 3 is 2.85 bits per heavy atom. The lowest BCUT2D eigenvalue weighted by atomic mass is 9.89. The van der Waals surface area contributed by atoms with Gasteiger partial charge in [-0.3, -0.25) is 4.79 Å². The van der Waals surface area contributed by atoms with Crippen molar-refractivity contribution in [1.29, 1.82) is 0 Å². The number of aliphatic hydroxyl groups is 1. The summed E-state index contributed by atoms with van der Waals surface area (Å²) < 4.78 is 16.1. The van der Waals surface area contributed by atoms with Crippen LogP contribution in [0.4, 0.5) is 0 Å². The third-order valence-corrected chi connectivity index (χ3v) is 5.37. The molecule has 142 valence electrons. The van der Waals surface area contributed by atoms with Crippen LogP contribution in [0.5, 0.6) is 17.2 Å². The molecular weight excluding hydrogens is 336 g/mol. The molecule has 3 atom stereocenters. The van der Waals surface area contributed by atoms with Gasteiger partial charge in [-0.1, -0.05) is 0 Å². The maximum Gasteiger partial charge on any atom is 0.231 e. The third kappa shape index (κ3) is 4.22. The van der Waals surface area contributed by atoms with Gasteiger partial charge in [0.1, 0.15) is 18.5 Å². The molecule has 3 aliphatic heterocycles. The van der Waals surface area contributed by atoms with Crippen molar-refractivity contribution in [3.8, 4) is 17.2 Å². The normalized spacial score (nSPS) is 27.2. The quantitative estimate of drug-likeness (QED) is 0.675. The summed E-state index contributed by atoms with van der Waals surface area (Å²) in [5.74, 6) is 2.40. The van der Waals surface area contributed by atoms with Gasteiger partial charge in [-0.15, -0.1) is 0 Å². The number of carbonyl (C=O) groups excluding carboxylic acids is 1. The van der Waals surface area contributed by atoms with Gasteiger partial charge in [-0.2, -0.15) is 0 Å². The number of aliphatic hydroxyl groups excluding tert-OH is 1. The van der Waals surface area contributed by atoms with Crippen LogP contribution in [0.25, 0.3) is 0 Å². The van der Waals surface area contributed by atoms with Gasteiger partial charge in [-0.25, -0.2) is 0 Å². The Morgan fingerprint density at radius 1 is 1.27 bits per heavy atom.